The van der Waals surface area contributed by atoms with Crippen molar-refractivity contribution in [2.24, 2.45) is 0 Å². The molecule has 23 heavy (non-hydrogen) atoms. The summed E-state index contributed by atoms with van der Waals surface area (Å²) in [7, 11) is -2.34. The van der Waals surface area contributed by atoms with Crippen LogP contribution in [0, 0.1) is 0 Å². The predicted molar refractivity (Wildman–Crippen MR) is 89.7 cm³/mol. The van der Waals surface area contributed by atoms with E-state index in [4.69, 9.17) is 4.74 Å². The molecule has 0 saturated heterocycles. The minimum Gasteiger partial charge on any atom is -0.495 e. The van der Waals surface area contributed by atoms with Crippen molar-refractivity contribution in [1.29, 1.82) is 0 Å². The molecule has 1 unspecified atom stereocenters. The van der Waals surface area contributed by atoms with Gasteiger partial charge in [-0.25, -0.2) is 13.1 Å². The lowest BCUT2D eigenvalue weighted by Crippen LogP contribution is -2.31. The van der Waals surface area contributed by atoms with Crippen molar-refractivity contribution in [2.75, 3.05) is 13.7 Å². The minimum atomic E-state index is -3.75. The molecule has 0 heterocycles. The summed E-state index contributed by atoms with van der Waals surface area (Å²) >= 11 is 0. The van der Waals surface area contributed by atoms with Gasteiger partial charge < -0.3 is 9.84 Å². The van der Waals surface area contributed by atoms with Crippen molar-refractivity contribution in [3.63, 3.8) is 0 Å². The van der Waals surface area contributed by atoms with Crippen molar-refractivity contribution >= 4 is 16.1 Å². The number of nitrogens with one attached hydrogen (secondary N) is 1. The third-order valence-electron chi connectivity index (χ3n) is 3.15. The predicted octanol–water partition coefficient (Wildman–Crippen LogP) is 2.05. The lowest BCUT2D eigenvalue weighted by Gasteiger charge is -2.11. The van der Waals surface area contributed by atoms with Gasteiger partial charge in [0.2, 0.25) is 10.0 Å². The number of hydrogen-bond acceptors (Lipinski definition) is 4. The maximum absolute atomic E-state index is 12.3. The highest BCUT2D eigenvalue weighted by Crippen LogP contribution is 2.22. The standard InChI is InChI=1S/C17H19NO4S/c1-22-16-9-5-6-10-17(16)23(20,21)18-13-15(19)12-11-14-7-3-2-4-8-14/h2-12,15,18-19H,13H2,1H3/b12-11+. The van der Waals surface area contributed by atoms with Gasteiger partial charge >= 0.3 is 0 Å². The van der Waals surface area contributed by atoms with E-state index in [1.165, 1.54) is 13.2 Å². The van der Waals surface area contributed by atoms with Crippen molar-refractivity contribution in [2.45, 2.75) is 11.0 Å². The zero-order chi connectivity index (χ0) is 16.7. The first kappa shape index (κ1) is 17.2. The van der Waals surface area contributed by atoms with Gasteiger partial charge in [-0.2, -0.15) is 0 Å². The molecule has 0 aromatic heterocycles. The van der Waals surface area contributed by atoms with Crippen LogP contribution in [0.4, 0.5) is 0 Å². The van der Waals surface area contributed by atoms with E-state index in [9.17, 15) is 13.5 Å². The van der Waals surface area contributed by atoms with E-state index in [1.807, 2.05) is 30.3 Å². The highest BCUT2D eigenvalue weighted by atomic mass is 32.2. The van der Waals surface area contributed by atoms with Crippen LogP contribution in [0.25, 0.3) is 6.08 Å². The molecule has 0 aliphatic heterocycles. The van der Waals surface area contributed by atoms with Gasteiger partial charge in [-0.3, -0.25) is 0 Å². The zero-order valence-corrected chi connectivity index (χ0v) is 13.5. The van der Waals surface area contributed by atoms with Crippen LogP contribution >= 0.6 is 0 Å². The number of methoxy groups -OCH3 is 1. The Balaban J connectivity index is 2.00. The van der Waals surface area contributed by atoms with Crippen molar-refractivity contribution in [3.8, 4) is 5.75 Å². The molecule has 0 aliphatic carbocycles. The smallest absolute Gasteiger partial charge is 0.244 e. The maximum Gasteiger partial charge on any atom is 0.244 e. The molecule has 6 heteroatoms. The molecule has 0 saturated carbocycles. The van der Waals surface area contributed by atoms with Crippen molar-refractivity contribution in [3.05, 3.63) is 66.2 Å². The second-order valence-corrected chi connectivity index (χ2v) is 6.58. The second kappa shape index (κ2) is 7.92. The van der Waals surface area contributed by atoms with Crippen molar-refractivity contribution < 1.29 is 18.3 Å². The molecule has 2 N–H and O–H groups in total. The van der Waals surface area contributed by atoms with Gasteiger partial charge in [0.1, 0.15) is 10.6 Å². The molecule has 2 rings (SSSR count). The van der Waals surface area contributed by atoms with Crippen LogP contribution in [-0.2, 0) is 10.0 Å². The summed E-state index contributed by atoms with van der Waals surface area (Å²) in [6.45, 7) is -0.121. The zero-order valence-electron chi connectivity index (χ0n) is 12.7. The summed E-state index contributed by atoms with van der Waals surface area (Å²) in [6, 6.07) is 15.8. The summed E-state index contributed by atoms with van der Waals surface area (Å²) in [5.74, 6) is 0.259. The summed E-state index contributed by atoms with van der Waals surface area (Å²) < 4.78 is 32.0. The van der Waals surface area contributed by atoms with E-state index in [-0.39, 0.29) is 17.2 Å². The maximum atomic E-state index is 12.3. The number of rotatable bonds is 7. The van der Waals surface area contributed by atoms with Crippen LogP contribution in [-0.4, -0.2) is 33.3 Å². The molecule has 2 aromatic rings. The lowest BCUT2D eigenvalue weighted by molar-refractivity contribution is 0.227. The van der Waals surface area contributed by atoms with Crippen LogP contribution in [0.15, 0.2) is 65.6 Å². The average molecular weight is 333 g/mol. The Labute approximate surface area is 136 Å². The fraction of sp³-hybridized carbons (Fsp3) is 0.176. The van der Waals surface area contributed by atoms with E-state index >= 15 is 0 Å². The molecule has 0 amide bonds. The monoisotopic (exact) mass is 333 g/mol. The summed E-state index contributed by atoms with van der Waals surface area (Å²) in [6.07, 6.45) is 2.35. The van der Waals surface area contributed by atoms with Gasteiger partial charge in [-0.1, -0.05) is 54.6 Å². The van der Waals surface area contributed by atoms with E-state index in [0.29, 0.717) is 0 Å². The number of aliphatic hydroxyl groups excluding tert-OH is 1. The minimum absolute atomic E-state index is 0.0433. The van der Waals surface area contributed by atoms with Crippen LogP contribution in [0.2, 0.25) is 0 Å². The SMILES string of the molecule is COc1ccccc1S(=O)(=O)NCC(O)/C=C/c1ccccc1. The van der Waals surface area contributed by atoms with Gasteiger partial charge in [0.15, 0.2) is 0 Å². The van der Waals surface area contributed by atoms with Crippen molar-refractivity contribution in [1.82, 2.24) is 4.72 Å². The number of hydrogen-bond donors (Lipinski definition) is 2. The molecular formula is C17H19NO4S. The molecule has 0 radical (unpaired) electrons. The van der Waals surface area contributed by atoms with E-state index in [1.54, 1.807) is 30.4 Å². The molecule has 0 bridgehead atoms. The molecule has 0 fully saturated rings. The number of sulfonamides is 1. The Morgan fingerprint density at radius 3 is 2.48 bits per heavy atom. The van der Waals surface area contributed by atoms with Crippen LogP contribution in [0.1, 0.15) is 5.56 Å². The van der Waals surface area contributed by atoms with Gasteiger partial charge in [0, 0.05) is 6.54 Å². The molecule has 5 nitrogen and oxygen atoms in total. The topological polar surface area (TPSA) is 75.6 Å². The summed E-state index contributed by atoms with van der Waals surface area (Å²) in [5.41, 5.74) is 0.930. The Morgan fingerprint density at radius 1 is 1.13 bits per heavy atom. The first-order chi connectivity index (χ1) is 11.0. The second-order valence-electron chi connectivity index (χ2n) is 4.84. The Bertz CT molecular complexity index is 757. The van der Waals surface area contributed by atoms with Gasteiger partial charge in [0.05, 0.1) is 13.2 Å². The first-order valence-electron chi connectivity index (χ1n) is 7.07. The highest BCUT2D eigenvalue weighted by molar-refractivity contribution is 7.89. The quantitative estimate of drug-likeness (QED) is 0.813. The fourth-order valence-corrected chi connectivity index (χ4v) is 3.19. The van der Waals surface area contributed by atoms with E-state index < -0.39 is 16.1 Å². The third-order valence-corrected chi connectivity index (χ3v) is 4.61. The van der Waals surface area contributed by atoms with Gasteiger partial charge in [-0.15, -0.1) is 0 Å². The number of para-hydroxylation sites is 1. The Kier molecular flexibility index (Phi) is 5.92. The molecular weight excluding hydrogens is 314 g/mol. The van der Waals surface area contributed by atoms with Gasteiger partial charge in [0.25, 0.3) is 0 Å². The van der Waals surface area contributed by atoms with Crippen LogP contribution in [0.3, 0.4) is 0 Å². The fourth-order valence-electron chi connectivity index (χ4n) is 1.97. The van der Waals surface area contributed by atoms with Crippen LogP contribution < -0.4 is 9.46 Å². The molecule has 0 aliphatic rings. The number of aliphatic hydroxyl groups is 1. The normalized spacial score (nSPS) is 13.1. The summed E-state index contributed by atoms with van der Waals surface area (Å²) in [5, 5.41) is 9.90. The Hall–Kier alpha value is -2.15. The first-order valence-corrected chi connectivity index (χ1v) is 8.55. The number of benzene rings is 2. The summed E-state index contributed by atoms with van der Waals surface area (Å²) in [4.78, 5) is 0.0433. The van der Waals surface area contributed by atoms with Crippen LogP contribution in [0.5, 0.6) is 5.75 Å². The average Bonchev–Trinajstić information content (AvgIpc) is 2.59. The lowest BCUT2D eigenvalue weighted by atomic mass is 10.2. The third kappa shape index (κ3) is 4.92. The molecule has 1 atom stereocenters. The van der Waals surface area contributed by atoms with Gasteiger partial charge in [-0.05, 0) is 17.7 Å². The molecule has 0 spiro atoms. The Morgan fingerprint density at radius 2 is 1.78 bits per heavy atom. The van der Waals surface area contributed by atoms with E-state index in [0.717, 1.165) is 5.56 Å². The molecule has 122 valence electrons. The van der Waals surface area contributed by atoms with E-state index in [2.05, 4.69) is 4.72 Å². The highest BCUT2D eigenvalue weighted by Gasteiger charge is 2.19. The number of ether oxygens (including phenoxy) is 1. The molecule has 2 aromatic carbocycles. The largest absolute Gasteiger partial charge is 0.495 e.